The van der Waals surface area contributed by atoms with Gasteiger partial charge in [-0.3, -0.25) is 9.78 Å². The molecule has 0 saturated heterocycles. The molecule has 0 aliphatic carbocycles. The summed E-state index contributed by atoms with van der Waals surface area (Å²) in [4.78, 5) is 21.7. The number of aryl methyl sites for hydroxylation is 1. The van der Waals surface area contributed by atoms with Gasteiger partial charge in [0.05, 0.1) is 11.9 Å². The number of hydrogen-bond donors (Lipinski definition) is 2. The molecular weight excluding hydrogens is 394 g/mol. The molecule has 0 unspecified atom stereocenters. The van der Waals surface area contributed by atoms with Crippen LogP contribution in [0.5, 0.6) is 0 Å². The van der Waals surface area contributed by atoms with Crippen molar-refractivity contribution in [2.24, 2.45) is 5.10 Å². The van der Waals surface area contributed by atoms with Gasteiger partial charge in [-0.25, -0.2) is 10.4 Å². The molecule has 0 atom stereocenters. The number of thiophene rings is 1. The summed E-state index contributed by atoms with van der Waals surface area (Å²) < 4.78 is 0. The van der Waals surface area contributed by atoms with Crippen molar-refractivity contribution < 1.29 is 0 Å². The van der Waals surface area contributed by atoms with E-state index in [1.807, 2.05) is 42.5 Å². The molecule has 2 aromatic heterocycles. The van der Waals surface area contributed by atoms with Crippen molar-refractivity contribution in [3.63, 3.8) is 0 Å². The fraction of sp³-hybridized carbons (Fsp3) is 0.0435. The van der Waals surface area contributed by atoms with Gasteiger partial charge in [0.1, 0.15) is 11.6 Å². The van der Waals surface area contributed by atoms with Crippen molar-refractivity contribution in [3.05, 3.63) is 93.1 Å². The number of aromatic nitrogens is 2. The summed E-state index contributed by atoms with van der Waals surface area (Å²) in [5.74, 6) is 0.166. The van der Waals surface area contributed by atoms with E-state index < -0.39 is 5.56 Å². The van der Waals surface area contributed by atoms with Gasteiger partial charge in [-0.05, 0) is 36.2 Å². The average Bonchev–Trinajstić information content (AvgIpc) is 3.21. The molecule has 7 heteroatoms. The van der Waals surface area contributed by atoms with Crippen LogP contribution in [0, 0.1) is 18.3 Å². The van der Waals surface area contributed by atoms with Gasteiger partial charge in [0, 0.05) is 15.3 Å². The van der Waals surface area contributed by atoms with Gasteiger partial charge in [-0.2, -0.15) is 10.4 Å². The Bertz CT molecular complexity index is 1320. The van der Waals surface area contributed by atoms with Crippen molar-refractivity contribution >= 4 is 23.5 Å². The van der Waals surface area contributed by atoms with E-state index in [9.17, 15) is 10.1 Å². The number of H-pyrrole nitrogens is 1. The van der Waals surface area contributed by atoms with Crippen LogP contribution in [0.2, 0.25) is 0 Å². The highest BCUT2D eigenvalue weighted by Crippen LogP contribution is 2.27. The van der Waals surface area contributed by atoms with Crippen LogP contribution in [0.1, 0.15) is 16.0 Å². The molecule has 0 amide bonds. The summed E-state index contributed by atoms with van der Waals surface area (Å²) in [7, 11) is 0. The average molecular weight is 411 g/mol. The van der Waals surface area contributed by atoms with E-state index >= 15 is 0 Å². The van der Waals surface area contributed by atoms with E-state index in [1.54, 1.807) is 29.7 Å². The van der Waals surface area contributed by atoms with Gasteiger partial charge < -0.3 is 0 Å². The van der Waals surface area contributed by atoms with Gasteiger partial charge >= 0.3 is 0 Å². The highest BCUT2D eigenvalue weighted by molar-refractivity contribution is 7.15. The van der Waals surface area contributed by atoms with Crippen LogP contribution < -0.4 is 11.0 Å². The molecule has 0 saturated carbocycles. The lowest BCUT2D eigenvalue weighted by atomic mass is 10.1. The number of hydrazone groups is 1. The number of nitrogens with one attached hydrogen (secondary N) is 2. The molecular formula is C23H17N5OS. The Kier molecular flexibility index (Phi) is 5.50. The molecule has 2 aromatic carbocycles. The second-order valence-electron chi connectivity index (χ2n) is 6.52. The molecule has 30 heavy (non-hydrogen) atoms. The summed E-state index contributed by atoms with van der Waals surface area (Å²) >= 11 is 1.74. The van der Waals surface area contributed by atoms with E-state index in [-0.39, 0.29) is 11.5 Å². The molecule has 2 N–H and O–H groups in total. The molecule has 0 radical (unpaired) electrons. The predicted molar refractivity (Wildman–Crippen MR) is 121 cm³/mol. The minimum absolute atomic E-state index is 0.0327. The number of benzene rings is 2. The Labute approximate surface area is 177 Å². The number of hydrogen-bond acceptors (Lipinski definition) is 6. The molecule has 0 aliphatic rings. The SMILES string of the molecule is Cc1ccc(-c2cccc(C=NNc3nc(-c4ccccc4)c(C#N)c(=O)[nH]3)c2)s1. The Morgan fingerprint density at radius 1 is 1.10 bits per heavy atom. The minimum Gasteiger partial charge on any atom is -0.290 e. The molecule has 6 nitrogen and oxygen atoms in total. The largest absolute Gasteiger partial charge is 0.290 e. The van der Waals surface area contributed by atoms with E-state index in [1.165, 1.54) is 9.75 Å². The van der Waals surface area contributed by atoms with E-state index in [0.717, 1.165) is 11.1 Å². The zero-order valence-electron chi connectivity index (χ0n) is 16.1. The second-order valence-corrected chi connectivity index (χ2v) is 7.81. The highest BCUT2D eigenvalue weighted by atomic mass is 32.1. The molecule has 4 rings (SSSR count). The van der Waals surface area contributed by atoms with Crippen LogP contribution in [0.25, 0.3) is 21.7 Å². The van der Waals surface area contributed by atoms with Crippen LogP contribution in [0.3, 0.4) is 0 Å². The molecule has 0 fully saturated rings. The smallest absolute Gasteiger partial charge is 0.270 e. The summed E-state index contributed by atoms with van der Waals surface area (Å²) in [6, 6.07) is 23.2. The third-order valence-corrected chi connectivity index (χ3v) is 5.42. The Morgan fingerprint density at radius 3 is 2.63 bits per heavy atom. The first-order valence-electron chi connectivity index (χ1n) is 9.20. The number of nitriles is 1. The number of aromatic amines is 1. The van der Waals surface area contributed by atoms with E-state index in [4.69, 9.17) is 0 Å². The van der Waals surface area contributed by atoms with E-state index in [2.05, 4.69) is 45.6 Å². The van der Waals surface area contributed by atoms with Crippen LogP contribution >= 0.6 is 11.3 Å². The summed E-state index contributed by atoms with van der Waals surface area (Å²) in [6.45, 7) is 2.08. The second kappa shape index (κ2) is 8.55. The Morgan fingerprint density at radius 2 is 1.90 bits per heavy atom. The fourth-order valence-corrected chi connectivity index (χ4v) is 3.83. The maximum absolute atomic E-state index is 12.3. The molecule has 0 aliphatic heterocycles. The quantitative estimate of drug-likeness (QED) is 0.365. The highest BCUT2D eigenvalue weighted by Gasteiger charge is 2.12. The minimum atomic E-state index is -0.515. The lowest BCUT2D eigenvalue weighted by molar-refractivity contribution is 1.08. The maximum atomic E-state index is 12.3. The standard InChI is InChI=1S/C23H17N5OS/c1-15-10-11-20(30-15)18-9-5-6-16(12-18)14-25-28-23-26-21(17-7-3-2-4-8-17)19(13-24)22(29)27-23/h2-12,14H,1H3,(H2,26,27,28,29). The first kappa shape index (κ1) is 19.3. The van der Waals surface area contributed by atoms with Gasteiger partial charge in [0.25, 0.3) is 5.56 Å². The number of nitrogens with zero attached hydrogens (tertiary/aromatic N) is 3. The summed E-state index contributed by atoms with van der Waals surface area (Å²) in [5, 5.41) is 13.5. The summed E-state index contributed by atoms with van der Waals surface area (Å²) in [6.07, 6.45) is 1.66. The van der Waals surface area contributed by atoms with Gasteiger partial charge in [0.2, 0.25) is 5.95 Å². The van der Waals surface area contributed by atoms with Crippen molar-refractivity contribution in [1.82, 2.24) is 9.97 Å². The predicted octanol–water partition coefficient (Wildman–Crippen LogP) is 4.79. The van der Waals surface area contributed by atoms with Crippen molar-refractivity contribution in [2.75, 3.05) is 5.43 Å². The van der Waals surface area contributed by atoms with Gasteiger partial charge in [-0.15, -0.1) is 11.3 Å². The third-order valence-electron chi connectivity index (χ3n) is 4.37. The van der Waals surface area contributed by atoms with Gasteiger partial charge in [-0.1, -0.05) is 48.5 Å². The van der Waals surface area contributed by atoms with E-state index in [0.29, 0.717) is 11.3 Å². The third kappa shape index (κ3) is 4.19. The molecule has 2 heterocycles. The fourth-order valence-electron chi connectivity index (χ4n) is 2.96. The Balaban J connectivity index is 1.59. The zero-order valence-corrected chi connectivity index (χ0v) is 16.9. The summed E-state index contributed by atoms with van der Waals surface area (Å²) in [5.41, 5.74) is 5.23. The lowest BCUT2D eigenvalue weighted by Crippen LogP contribution is -2.16. The lowest BCUT2D eigenvalue weighted by Gasteiger charge is -2.06. The topological polar surface area (TPSA) is 93.9 Å². The van der Waals surface area contributed by atoms with Crippen LogP contribution in [-0.2, 0) is 0 Å². The maximum Gasteiger partial charge on any atom is 0.270 e. The molecule has 0 bridgehead atoms. The van der Waals surface area contributed by atoms with Crippen molar-refractivity contribution in [2.45, 2.75) is 6.92 Å². The number of rotatable bonds is 5. The van der Waals surface area contributed by atoms with Crippen LogP contribution in [-0.4, -0.2) is 16.2 Å². The monoisotopic (exact) mass is 411 g/mol. The van der Waals surface area contributed by atoms with Crippen molar-refractivity contribution in [3.8, 4) is 27.8 Å². The normalized spacial score (nSPS) is 10.8. The molecule has 4 aromatic rings. The van der Waals surface area contributed by atoms with Gasteiger partial charge in [0.15, 0.2) is 0 Å². The first-order valence-corrected chi connectivity index (χ1v) is 10.0. The zero-order chi connectivity index (χ0) is 20.9. The molecule has 0 spiro atoms. The molecule has 146 valence electrons. The van der Waals surface area contributed by atoms with Crippen LogP contribution in [0.15, 0.2) is 76.6 Å². The Hall–Kier alpha value is -4.02. The number of anilines is 1. The van der Waals surface area contributed by atoms with Crippen molar-refractivity contribution in [1.29, 1.82) is 5.26 Å². The first-order chi connectivity index (χ1) is 14.6. The van der Waals surface area contributed by atoms with Crippen LogP contribution in [0.4, 0.5) is 5.95 Å².